The molecule has 0 heterocycles. The lowest BCUT2D eigenvalue weighted by Gasteiger charge is -2.04. The minimum Gasteiger partial charge on any atom is -0.294 e. The second-order valence-corrected chi connectivity index (χ2v) is 5.24. The molecule has 0 atom stereocenters. The summed E-state index contributed by atoms with van der Waals surface area (Å²) < 4.78 is 26.6. The van der Waals surface area contributed by atoms with Crippen LogP contribution in [0, 0.1) is 11.6 Å². The van der Waals surface area contributed by atoms with Crippen molar-refractivity contribution in [2.45, 2.75) is 6.42 Å². The van der Waals surface area contributed by atoms with Crippen LogP contribution in [0.4, 0.5) is 8.78 Å². The Morgan fingerprint density at radius 1 is 1.11 bits per heavy atom. The van der Waals surface area contributed by atoms with Crippen LogP contribution in [0.5, 0.6) is 0 Å². The van der Waals surface area contributed by atoms with Crippen molar-refractivity contribution in [1.29, 1.82) is 0 Å². The summed E-state index contributed by atoms with van der Waals surface area (Å²) in [5.74, 6) is -1.29. The Morgan fingerprint density at radius 3 is 2.47 bits per heavy atom. The van der Waals surface area contributed by atoms with Crippen molar-refractivity contribution in [2.24, 2.45) is 0 Å². The van der Waals surface area contributed by atoms with Crippen molar-refractivity contribution < 1.29 is 13.6 Å². The van der Waals surface area contributed by atoms with Crippen LogP contribution in [-0.4, -0.2) is 5.78 Å². The lowest BCUT2D eigenvalue weighted by atomic mass is 10.0. The van der Waals surface area contributed by atoms with Crippen LogP contribution in [-0.2, 0) is 6.42 Å². The van der Waals surface area contributed by atoms with Gasteiger partial charge in [-0.05, 0) is 45.8 Å². The molecular formula is C14H8BrClF2O. The molecule has 0 unspecified atom stereocenters. The van der Waals surface area contributed by atoms with Crippen molar-refractivity contribution in [3.05, 3.63) is 68.7 Å². The van der Waals surface area contributed by atoms with Gasteiger partial charge in [0.1, 0.15) is 11.6 Å². The number of benzene rings is 2. The third-order valence-electron chi connectivity index (χ3n) is 2.59. The monoisotopic (exact) mass is 344 g/mol. The smallest absolute Gasteiger partial charge is 0.167 e. The Labute approximate surface area is 122 Å². The summed E-state index contributed by atoms with van der Waals surface area (Å²) in [7, 11) is 0. The molecule has 0 saturated heterocycles. The summed E-state index contributed by atoms with van der Waals surface area (Å²) in [6.07, 6.45) is 0.0427. The number of rotatable bonds is 3. The van der Waals surface area contributed by atoms with E-state index in [-0.39, 0.29) is 22.8 Å². The molecule has 5 heteroatoms. The minimum atomic E-state index is -0.535. The molecule has 1 nitrogen and oxygen atoms in total. The van der Waals surface area contributed by atoms with Gasteiger partial charge in [-0.1, -0.05) is 23.7 Å². The highest BCUT2D eigenvalue weighted by molar-refractivity contribution is 9.10. The van der Waals surface area contributed by atoms with Crippen LogP contribution in [0.2, 0.25) is 5.02 Å². The molecule has 2 rings (SSSR count). The van der Waals surface area contributed by atoms with Crippen LogP contribution in [0.1, 0.15) is 15.9 Å². The largest absolute Gasteiger partial charge is 0.294 e. The molecule has 0 aromatic heterocycles. The van der Waals surface area contributed by atoms with E-state index in [4.69, 9.17) is 11.6 Å². The van der Waals surface area contributed by atoms with E-state index in [1.807, 2.05) is 0 Å². The predicted octanol–water partition coefficient (Wildman–Crippen LogP) is 4.81. The topological polar surface area (TPSA) is 17.1 Å². The number of halogens is 4. The molecule has 0 aliphatic rings. The number of hydrogen-bond donors (Lipinski definition) is 0. The van der Waals surface area contributed by atoms with Gasteiger partial charge in [0, 0.05) is 12.0 Å². The number of hydrogen-bond acceptors (Lipinski definition) is 1. The van der Waals surface area contributed by atoms with Crippen molar-refractivity contribution in [1.82, 2.24) is 0 Å². The van der Waals surface area contributed by atoms with Crippen molar-refractivity contribution >= 4 is 33.3 Å². The summed E-state index contributed by atoms with van der Waals surface area (Å²) in [5, 5.41) is -0.0349. The zero-order valence-electron chi connectivity index (χ0n) is 9.59. The van der Waals surface area contributed by atoms with Gasteiger partial charge in [-0.2, -0.15) is 0 Å². The zero-order chi connectivity index (χ0) is 14.0. The lowest BCUT2D eigenvalue weighted by Crippen LogP contribution is -2.04. The highest BCUT2D eigenvalue weighted by atomic mass is 79.9. The molecular weight excluding hydrogens is 338 g/mol. The van der Waals surface area contributed by atoms with Crippen LogP contribution in [0.25, 0.3) is 0 Å². The Bertz CT molecular complexity index is 643. The lowest BCUT2D eigenvalue weighted by molar-refractivity contribution is 0.0992. The van der Waals surface area contributed by atoms with Gasteiger partial charge in [-0.3, -0.25) is 4.79 Å². The summed E-state index contributed by atoms with van der Waals surface area (Å²) in [6.45, 7) is 0. The van der Waals surface area contributed by atoms with E-state index in [1.165, 1.54) is 30.3 Å². The normalized spacial score (nSPS) is 10.5. The molecule has 0 aliphatic heterocycles. The van der Waals surface area contributed by atoms with Gasteiger partial charge in [-0.15, -0.1) is 0 Å². The quantitative estimate of drug-likeness (QED) is 0.730. The maximum absolute atomic E-state index is 13.3. The number of carbonyl (C=O) groups is 1. The fraction of sp³-hybridized carbons (Fsp3) is 0.0714. The fourth-order valence-electron chi connectivity index (χ4n) is 1.61. The van der Waals surface area contributed by atoms with Gasteiger partial charge < -0.3 is 0 Å². The summed E-state index contributed by atoms with van der Waals surface area (Å²) in [5.41, 5.74) is 0.848. The maximum Gasteiger partial charge on any atom is 0.167 e. The van der Waals surface area contributed by atoms with Crippen molar-refractivity contribution in [3.8, 4) is 0 Å². The number of carbonyl (C=O) groups excluding carboxylic acids is 1. The van der Waals surface area contributed by atoms with E-state index >= 15 is 0 Å². The Kier molecular flexibility index (Phi) is 4.32. The van der Waals surface area contributed by atoms with E-state index in [0.717, 1.165) is 6.07 Å². The average Bonchev–Trinajstić information content (AvgIpc) is 2.37. The first-order valence-electron chi connectivity index (χ1n) is 5.39. The number of ketones is 1. The summed E-state index contributed by atoms with van der Waals surface area (Å²) >= 11 is 8.65. The van der Waals surface area contributed by atoms with Crippen molar-refractivity contribution in [2.75, 3.05) is 0 Å². The van der Waals surface area contributed by atoms with E-state index in [1.54, 1.807) is 0 Å². The van der Waals surface area contributed by atoms with E-state index in [9.17, 15) is 13.6 Å². The van der Waals surface area contributed by atoms with Gasteiger partial charge in [0.15, 0.2) is 5.78 Å². The molecule has 0 saturated carbocycles. The van der Waals surface area contributed by atoms with E-state index in [0.29, 0.717) is 10.0 Å². The van der Waals surface area contributed by atoms with Gasteiger partial charge >= 0.3 is 0 Å². The molecule has 19 heavy (non-hydrogen) atoms. The SMILES string of the molecule is O=C(Cc1ccc(F)c(Cl)c1)c1ccc(Br)c(F)c1. The zero-order valence-corrected chi connectivity index (χ0v) is 11.9. The second-order valence-electron chi connectivity index (χ2n) is 3.98. The Balaban J connectivity index is 2.20. The van der Waals surface area contributed by atoms with Crippen LogP contribution in [0.3, 0.4) is 0 Å². The predicted molar refractivity (Wildman–Crippen MR) is 73.5 cm³/mol. The van der Waals surface area contributed by atoms with Gasteiger partial charge in [0.2, 0.25) is 0 Å². The fourth-order valence-corrected chi connectivity index (χ4v) is 2.06. The number of Topliss-reactive ketones (excluding diaryl/α,β-unsaturated/α-hetero) is 1. The maximum atomic E-state index is 13.3. The molecule has 98 valence electrons. The van der Waals surface area contributed by atoms with Crippen LogP contribution < -0.4 is 0 Å². The molecule has 0 spiro atoms. The summed E-state index contributed by atoms with van der Waals surface area (Å²) in [4.78, 5) is 12.0. The first-order valence-corrected chi connectivity index (χ1v) is 6.56. The Hall–Kier alpha value is -1.26. The van der Waals surface area contributed by atoms with Gasteiger partial charge in [0.25, 0.3) is 0 Å². The third-order valence-corrected chi connectivity index (χ3v) is 3.52. The summed E-state index contributed by atoms with van der Waals surface area (Å²) in [6, 6.07) is 8.24. The molecule has 0 bridgehead atoms. The van der Waals surface area contributed by atoms with Crippen molar-refractivity contribution in [3.63, 3.8) is 0 Å². The molecule has 0 N–H and O–H groups in total. The van der Waals surface area contributed by atoms with E-state index in [2.05, 4.69) is 15.9 Å². The highest BCUT2D eigenvalue weighted by Crippen LogP contribution is 2.20. The third kappa shape index (κ3) is 3.39. The standard InChI is InChI=1S/C14H8BrClF2O/c15-10-3-2-9(7-13(10)18)14(19)6-8-1-4-12(17)11(16)5-8/h1-5,7H,6H2. The minimum absolute atomic E-state index is 0.0349. The second kappa shape index (κ2) is 5.80. The average molecular weight is 346 g/mol. The first-order chi connectivity index (χ1) is 8.97. The van der Waals surface area contributed by atoms with Gasteiger partial charge in [0.05, 0.1) is 9.50 Å². The Morgan fingerprint density at radius 2 is 1.84 bits per heavy atom. The molecule has 0 fully saturated rings. The van der Waals surface area contributed by atoms with Crippen LogP contribution >= 0.6 is 27.5 Å². The molecule has 0 amide bonds. The first kappa shape index (κ1) is 14.2. The van der Waals surface area contributed by atoms with E-state index < -0.39 is 11.6 Å². The highest BCUT2D eigenvalue weighted by Gasteiger charge is 2.11. The molecule has 2 aromatic carbocycles. The molecule has 0 aliphatic carbocycles. The van der Waals surface area contributed by atoms with Gasteiger partial charge in [-0.25, -0.2) is 8.78 Å². The van der Waals surface area contributed by atoms with Crippen LogP contribution in [0.15, 0.2) is 40.9 Å². The molecule has 2 aromatic rings. The molecule has 0 radical (unpaired) electrons.